The zero-order valence-corrected chi connectivity index (χ0v) is 27.7. The third kappa shape index (κ3) is 5.15. The molecule has 5 aliphatic carbocycles. The van der Waals surface area contributed by atoms with E-state index in [4.69, 9.17) is 19.9 Å². The van der Waals surface area contributed by atoms with E-state index < -0.39 is 13.2 Å². The molecule has 39 heavy (non-hydrogen) atoms. The highest BCUT2D eigenvalue weighted by Gasteiger charge is 2.53. The van der Waals surface area contributed by atoms with Crippen LogP contribution in [0.15, 0.2) is 59.8 Å². The van der Waals surface area contributed by atoms with Crippen LogP contribution in [-0.2, 0) is 5.16 Å². The van der Waals surface area contributed by atoms with Gasteiger partial charge in [-0.25, -0.2) is 19.9 Å². The van der Waals surface area contributed by atoms with Gasteiger partial charge in [0.1, 0.15) is 16.8 Å². The van der Waals surface area contributed by atoms with Gasteiger partial charge in [0.25, 0.3) is 0 Å². The van der Waals surface area contributed by atoms with Crippen LogP contribution in [-0.4, -0.2) is 45.0 Å². The number of aromatic nitrogens is 4. The Kier molecular flexibility index (Phi) is 7.30. The minimum atomic E-state index is -1.55. The zero-order chi connectivity index (χ0) is 27.6. The molecule has 4 bridgehead atoms. The third-order valence-corrected chi connectivity index (χ3v) is 17.0. The smallest absolute Gasteiger partial charge is 0.149 e. The standard InChI is InChI=1S/C32H46N4P2Si/c1-31(2,3)38(28-23-14-21-13-22(16-23)17-24(28)15-21)20-25-18-26(39(4,5)6)19-27(25)32(37,29-33-9-7-10-34-29)30-35-11-8-12-36-30/h7-12,18-19,21-25,28H,13-17,20,37H2,1-6H3. The van der Waals surface area contributed by atoms with E-state index in [0.717, 1.165) is 41.0 Å². The Hall–Kier alpha value is -1.28. The third-order valence-electron chi connectivity index (χ3n) is 10.0. The van der Waals surface area contributed by atoms with Gasteiger partial charge in [-0.15, -0.1) is 9.24 Å². The van der Waals surface area contributed by atoms with E-state index in [9.17, 15) is 0 Å². The van der Waals surface area contributed by atoms with Crippen molar-refractivity contribution in [2.75, 3.05) is 6.16 Å². The Labute approximate surface area is 240 Å². The Morgan fingerprint density at radius 1 is 0.821 bits per heavy atom. The molecule has 4 nitrogen and oxygen atoms in total. The largest absolute Gasteiger partial charge is 0.240 e. The van der Waals surface area contributed by atoms with E-state index in [-0.39, 0.29) is 7.92 Å². The Morgan fingerprint density at radius 2 is 1.31 bits per heavy atom. The fourth-order valence-corrected chi connectivity index (χ4v) is 14.3. The molecule has 0 saturated heterocycles. The first-order chi connectivity index (χ1) is 18.4. The van der Waals surface area contributed by atoms with E-state index in [1.807, 2.05) is 36.9 Å². The first kappa shape index (κ1) is 27.9. The fourth-order valence-electron chi connectivity index (χ4n) is 8.48. The number of hydrogen-bond acceptors (Lipinski definition) is 4. The summed E-state index contributed by atoms with van der Waals surface area (Å²) in [6.45, 7) is 15.0. The second kappa shape index (κ2) is 10.2. The SMILES string of the molecule is CC(C)(C)P(CC1C=C([Si](C)(C)C)C=C1C(P)(c1ncccn1)c1ncccn1)C1C2CC3CC(C2)CC1C3. The lowest BCUT2D eigenvalue weighted by atomic mass is 9.56. The average molecular weight is 577 g/mol. The minimum Gasteiger partial charge on any atom is -0.240 e. The highest BCUT2D eigenvalue weighted by molar-refractivity contribution is 7.60. The number of hydrogen-bond donors (Lipinski definition) is 0. The molecule has 208 valence electrons. The van der Waals surface area contributed by atoms with Gasteiger partial charge in [-0.05, 0) is 90.5 Å². The van der Waals surface area contributed by atoms with E-state index in [1.54, 1.807) is 5.20 Å². The lowest BCUT2D eigenvalue weighted by Gasteiger charge is -2.59. The van der Waals surface area contributed by atoms with Crippen LogP contribution in [0, 0.1) is 29.6 Å². The molecule has 0 amide bonds. The van der Waals surface area contributed by atoms with E-state index in [0.29, 0.717) is 11.1 Å². The van der Waals surface area contributed by atoms with Crippen LogP contribution >= 0.6 is 17.2 Å². The molecular weight excluding hydrogens is 530 g/mol. The minimum absolute atomic E-state index is 0.190. The van der Waals surface area contributed by atoms with Crippen molar-refractivity contribution in [3.63, 3.8) is 0 Å². The highest BCUT2D eigenvalue weighted by Crippen LogP contribution is 2.68. The molecule has 3 unspecified atom stereocenters. The molecule has 0 radical (unpaired) electrons. The van der Waals surface area contributed by atoms with Crippen LogP contribution in [0.25, 0.3) is 0 Å². The summed E-state index contributed by atoms with van der Waals surface area (Å²) in [6, 6.07) is 3.80. The Bertz CT molecular complexity index is 1180. The quantitative estimate of drug-likeness (QED) is 0.249. The molecule has 0 N–H and O–H groups in total. The summed E-state index contributed by atoms with van der Waals surface area (Å²) in [6.07, 6.45) is 21.4. The van der Waals surface area contributed by atoms with Gasteiger partial charge in [0, 0.05) is 30.7 Å². The van der Waals surface area contributed by atoms with Gasteiger partial charge < -0.3 is 0 Å². The first-order valence-corrected chi connectivity index (χ1v) is 20.7. The van der Waals surface area contributed by atoms with E-state index in [2.05, 4.69) is 61.8 Å². The van der Waals surface area contributed by atoms with Crippen LogP contribution in [0.5, 0.6) is 0 Å². The summed E-state index contributed by atoms with van der Waals surface area (Å²) in [5.41, 5.74) is 2.29. The van der Waals surface area contributed by atoms with Crippen LogP contribution in [0.4, 0.5) is 0 Å². The second-order valence-electron chi connectivity index (χ2n) is 14.8. The molecule has 2 aromatic rings. The van der Waals surface area contributed by atoms with Gasteiger partial charge >= 0.3 is 0 Å². The summed E-state index contributed by atoms with van der Waals surface area (Å²) in [4.78, 5) is 19.2. The molecule has 2 heterocycles. The average Bonchev–Trinajstić information content (AvgIpc) is 3.33. The van der Waals surface area contributed by atoms with Crippen molar-refractivity contribution in [1.82, 2.24) is 19.9 Å². The van der Waals surface area contributed by atoms with Crippen molar-refractivity contribution >= 4 is 25.2 Å². The predicted molar refractivity (Wildman–Crippen MR) is 170 cm³/mol. The molecule has 5 aliphatic rings. The first-order valence-electron chi connectivity index (χ1n) is 15.0. The molecule has 7 rings (SSSR count). The molecular formula is C32H46N4P2Si. The van der Waals surface area contributed by atoms with Crippen molar-refractivity contribution in [3.8, 4) is 0 Å². The zero-order valence-electron chi connectivity index (χ0n) is 24.6. The molecule has 7 heteroatoms. The Morgan fingerprint density at radius 3 is 1.74 bits per heavy atom. The predicted octanol–water partition coefficient (Wildman–Crippen LogP) is 7.85. The molecule has 0 aromatic carbocycles. The topological polar surface area (TPSA) is 51.6 Å². The van der Waals surface area contributed by atoms with Gasteiger partial charge in [-0.1, -0.05) is 65.7 Å². The Balaban J connectivity index is 1.43. The normalized spacial score (nSPS) is 31.3. The summed E-state index contributed by atoms with van der Waals surface area (Å²) < 4.78 is 0. The van der Waals surface area contributed by atoms with Gasteiger partial charge in [0.05, 0.1) is 8.07 Å². The van der Waals surface area contributed by atoms with Crippen molar-refractivity contribution in [2.45, 2.75) is 88.5 Å². The lowest BCUT2D eigenvalue weighted by molar-refractivity contribution is 0.0242. The van der Waals surface area contributed by atoms with Gasteiger partial charge in [0.15, 0.2) is 0 Å². The molecule has 0 spiro atoms. The van der Waals surface area contributed by atoms with Gasteiger partial charge in [-0.3, -0.25) is 0 Å². The van der Waals surface area contributed by atoms with Crippen molar-refractivity contribution in [2.24, 2.45) is 29.6 Å². The van der Waals surface area contributed by atoms with Crippen LogP contribution in [0.2, 0.25) is 19.6 Å². The number of nitrogens with zero attached hydrogens (tertiary/aromatic N) is 4. The highest BCUT2D eigenvalue weighted by atomic mass is 31.1. The number of rotatable bonds is 7. The van der Waals surface area contributed by atoms with Crippen LogP contribution < -0.4 is 0 Å². The fraction of sp³-hybridized carbons (Fsp3) is 0.625. The van der Waals surface area contributed by atoms with Crippen molar-refractivity contribution in [3.05, 3.63) is 71.5 Å². The van der Waals surface area contributed by atoms with Crippen molar-refractivity contribution < 1.29 is 0 Å². The summed E-state index contributed by atoms with van der Waals surface area (Å²) in [5.74, 6) is 5.86. The summed E-state index contributed by atoms with van der Waals surface area (Å²) >= 11 is 0. The monoisotopic (exact) mass is 576 g/mol. The maximum atomic E-state index is 4.81. The van der Waals surface area contributed by atoms with E-state index >= 15 is 0 Å². The van der Waals surface area contributed by atoms with Gasteiger partial charge in [-0.2, -0.15) is 0 Å². The molecule has 0 aliphatic heterocycles. The lowest BCUT2D eigenvalue weighted by Crippen LogP contribution is -2.49. The maximum Gasteiger partial charge on any atom is 0.149 e. The number of allylic oxidation sites excluding steroid dienone is 4. The summed E-state index contributed by atoms with van der Waals surface area (Å²) in [5, 5.41) is 1.23. The van der Waals surface area contributed by atoms with Crippen LogP contribution in [0.1, 0.15) is 64.5 Å². The summed E-state index contributed by atoms with van der Waals surface area (Å²) in [7, 11) is 1.41. The maximum absolute atomic E-state index is 4.81. The van der Waals surface area contributed by atoms with E-state index in [1.165, 1.54) is 43.8 Å². The van der Waals surface area contributed by atoms with Gasteiger partial charge in [0.2, 0.25) is 0 Å². The molecule has 4 saturated carbocycles. The molecule has 4 fully saturated rings. The van der Waals surface area contributed by atoms with Crippen molar-refractivity contribution in [1.29, 1.82) is 0 Å². The van der Waals surface area contributed by atoms with Crippen LogP contribution in [0.3, 0.4) is 0 Å². The molecule has 3 atom stereocenters. The second-order valence-corrected chi connectivity index (χ2v) is 24.0. The molecule has 2 aromatic heterocycles.